The molecule has 1 aromatic carbocycles. The molecule has 1 aliphatic heterocycles. The Balaban J connectivity index is 2.21. The van der Waals surface area contributed by atoms with Crippen molar-refractivity contribution in [2.75, 3.05) is 24.5 Å². The molecule has 0 aliphatic carbocycles. The molecule has 0 radical (unpaired) electrons. The molecule has 0 saturated carbocycles. The topological polar surface area (TPSA) is 15.3 Å². The Labute approximate surface area is 106 Å². The van der Waals surface area contributed by atoms with E-state index in [0.29, 0.717) is 6.04 Å². The maximum atomic E-state index is 3.52. The van der Waals surface area contributed by atoms with Crippen molar-refractivity contribution in [3.63, 3.8) is 0 Å². The van der Waals surface area contributed by atoms with Gasteiger partial charge in [0.25, 0.3) is 0 Å². The van der Waals surface area contributed by atoms with Crippen molar-refractivity contribution in [1.82, 2.24) is 5.32 Å². The van der Waals surface area contributed by atoms with Gasteiger partial charge in [-0.15, -0.1) is 0 Å². The number of aryl methyl sites for hydroxylation is 1. The molecular formula is C13H19BrN2. The van der Waals surface area contributed by atoms with E-state index in [4.69, 9.17) is 0 Å². The maximum absolute atomic E-state index is 3.52. The van der Waals surface area contributed by atoms with Crippen LogP contribution in [0.2, 0.25) is 0 Å². The van der Waals surface area contributed by atoms with Crippen molar-refractivity contribution in [2.45, 2.75) is 26.3 Å². The van der Waals surface area contributed by atoms with Crippen molar-refractivity contribution in [1.29, 1.82) is 0 Å². The van der Waals surface area contributed by atoms with Crippen LogP contribution in [0.3, 0.4) is 0 Å². The van der Waals surface area contributed by atoms with Crippen LogP contribution in [0, 0.1) is 6.92 Å². The average Bonchev–Trinajstić information content (AvgIpc) is 2.43. The van der Waals surface area contributed by atoms with Gasteiger partial charge in [-0.3, -0.25) is 0 Å². The summed E-state index contributed by atoms with van der Waals surface area (Å²) in [6.07, 6.45) is 1.22. The van der Waals surface area contributed by atoms with Crippen LogP contribution in [0.5, 0.6) is 0 Å². The van der Waals surface area contributed by atoms with Gasteiger partial charge in [-0.25, -0.2) is 0 Å². The standard InChI is InChI=1S/C13H19BrN2/c1-10-8-12(14)4-5-13(10)16-7-3-6-15-11(2)9-16/h4-5,8,11,15H,3,6-7,9H2,1-2H3. The van der Waals surface area contributed by atoms with Crippen LogP contribution in [0.4, 0.5) is 5.69 Å². The van der Waals surface area contributed by atoms with E-state index < -0.39 is 0 Å². The Morgan fingerprint density at radius 3 is 3.00 bits per heavy atom. The Bertz CT molecular complexity index is 365. The first kappa shape index (κ1) is 11.9. The van der Waals surface area contributed by atoms with Crippen molar-refractivity contribution < 1.29 is 0 Å². The predicted octanol–water partition coefficient (Wildman–Crippen LogP) is 2.95. The molecule has 1 aliphatic rings. The van der Waals surface area contributed by atoms with E-state index in [1.165, 1.54) is 17.7 Å². The summed E-state index contributed by atoms with van der Waals surface area (Å²) in [5.74, 6) is 0. The van der Waals surface area contributed by atoms with Gasteiger partial charge >= 0.3 is 0 Å². The molecule has 2 nitrogen and oxygen atoms in total. The number of nitrogens with zero attached hydrogens (tertiary/aromatic N) is 1. The highest BCUT2D eigenvalue weighted by Crippen LogP contribution is 2.24. The van der Waals surface area contributed by atoms with Gasteiger partial charge in [0, 0.05) is 29.3 Å². The normalized spacial score (nSPS) is 21.9. The lowest BCUT2D eigenvalue weighted by Gasteiger charge is -2.26. The smallest absolute Gasteiger partial charge is 0.0397 e. The first-order valence-electron chi connectivity index (χ1n) is 5.91. The molecule has 1 unspecified atom stereocenters. The fourth-order valence-electron chi connectivity index (χ4n) is 2.30. The first-order chi connectivity index (χ1) is 7.66. The third-order valence-corrected chi connectivity index (χ3v) is 3.58. The van der Waals surface area contributed by atoms with Crippen molar-refractivity contribution in [3.05, 3.63) is 28.2 Å². The number of rotatable bonds is 1. The molecule has 0 amide bonds. The highest BCUT2D eigenvalue weighted by Gasteiger charge is 2.15. The number of hydrogen-bond acceptors (Lipinski definition) is 2. The van der Waals surface area contributed by atoms with E-state index in [0.717, 1.165) is 24.1 Å². The van der Waals surface area contributed by atoms with Gasteiger partial charge in [-0.05, 0) is 50.6 Å². The summed E-state index contributed by atoms with van der Waals surface area (Å²) in [6, 6.07) is 7.12. The zero-order valence-corrected chi connectivity index (χ0v) is 11.5. The van der Waals surface area contributed by atoms with E-state index >= 15 is 0 Å². The highest BCUT2D eigenvalue weighted by atomic mass is 79.9. The second-order valence-electron chi connectivity index (χ2n) is 4.59. The summed E-state index contributed by atoms with van der Waals surface area (Å²) in [5.41, 5.74) is 2.72. The second kappa shape index (κ2) is 5.19. The van der Waals surface area contributed by atoms with Crippen molar-refractivity contribution in [3.8, 4) is 0 Å². The predicted molar refractivity (Wildman–Crippen MR) is 73.2 cm³/mol. The van der Waals surface area contributed by atoms with Gasteiger partial charge in [-0.1, -0.05) is 15.9 Å². The van der Waals surface area contributed by atoms with Crippen LogP contribution in [0.25, 0.3) is 0 Å². The van der Waals surface area contributed by atoms with Gasteiger partial charge < -0.3 is 10.2 Å². The molecule has 1 heterocycles. The molecule has 1 atom stereocenters. The Morgan fingerprint density at radius 2 is 2.25 bits per heavy atom. The van der Waals surface area contributed by atoms with Crippen LogP contribution in [-0.4, -0.2) is 25.7 Å². The monoisotopic (exact) mass is 282 g/mol. The molecule has 1 N–H and O–H groups in total. The molecular weight excluding hydrogens is 264 g/mol. The zero-order chi connectivity index (χ0) is 11.5. The van der Waals surface area contributed by atoms with E-state index in [-0.39, 0.29) is 0 Å². The Kier molecular flexibility index (Phi) is 3.87. The molecule has 0 spiro atoms. The first-order valence-corrected chi connectivity index (χ1v) is 6.70. The van der Waals surface area contributed by atoms with Gasteiger partial charge in [0.2, 0.25) is 0 Å². The molecule has 0 aromatic heterocycles. The summed E-state index contributed by atoms with van der Waals surface area (Å²) in [7, 11) is 0. The fraction of sp³-hybridized carbons (Fsp3) is 0.538. The number of benzene rings is 1. The van der Waals surface area contributed by atoms with Gasteiger partial charge in [0.15, 0.2) is 0 Å². The van der Waals surface area contributed by atoms with E-state index in [2.05, 4.69) is 58.2 Å². The Morgan fingerprint density at radius 1 is 1.44 bits per heavy atom. The summed E-state index contributed by atoms with van der Waals surface area (Å²) in [4.78, 5) is 2.49. The molecule has 0 bridgehead atoms. The summed E-state index contributed by atoms with van der Waals surface area (Å²) >= 11 is 3.52. The van der Waals surface area contributed by atoms with Crippen LogP contribution in [0.15, 0.2) is 22.7 Å². The minimum atomic E-state index is 0.575. The largest absolute Gasteiger partial charge is 0.370 e. The van der Waals surface area contributed by atoms with Crippen LogP contribution in [0.1, 0.15) is 18.9 Å². The zero-order valence-electron chi connectivity index (χ0n) is 9.96. The number of nitrogens with one attached hydrogen (secondary N) is 1. The van der Waals surface area contributed by atoms with Crippen molar-refractivity contribution >= 4 is 21.6 Å². The van der Waals surface area contributed by atoms with E-state index in [1.807, 2.05) is 0 Å². The maximum Gasteiger partial charge on any atom is 0.0397 e. The summed E-state index contributed by atoms with van der Waals surface area (Å²) in [6.45, 7) is 7.82. The van der Waals surface area contributed by atoms with E-state index in [9.17, 15) is 0 Å². The fourth-order valence-corrected chi connectivity index (χ4v) is 2.77. The van der Waals surface area contributed by atoms with Gasteiger partial charge in [0.1, 0.15) is 0 Å². The third-order valence-electron chi connectivity index (χ3n) is 3.09. The lowest BCUT2D eigenvalue weighted by atomic mass is 10.1. The van der Waals surface area contributed by atoms with Crippen LogP contribution in [-0.2, 0) is 0 Å². The number of halogens is 1. The minimum absolute atomic E-state index is 0.575. The Hall–Kier alpha value is -0.540. The molecule has 1 saturated heterocycles. The molecule has 3 heteroatoms. The summed E-state index contributed by atoms with van der Waals surface area (Å²) < 4.78 is 1.16. The third kappa shape index (κ3) is 2.77. The van der Waals surface area contributed by atoms with Gasteiger partial charge in [-0.2, -0.15) is 0 Å². The number of hydrogen-bond donors (Lipinski definition) is 1. The highest BCUT2D eigenvalue weighted by molar-refractivity contribution is 9.10. The summed E-state index contributed by atoms with van der Waals surface area (Å²) in [5, 5.41) is 3.52. The quantitative estimate of drug-likeness (QED) is 0.852. The average molecular weight is 283 g/mol. The lowest BCUT2D eigenvalue weighted by molar-refractivity contribution is 0.584. The molecule has 88 valence electrons. The molecule has 16 heavy (non-hydrogen) atoms. The molecule has 1 fully saturated rings. The lowest BCUT2D eigenvalue weighted by Crippen LogP contribution is -2.35. The van der Waals surface area contributed by atoms with Gasteiger partial charge in [0.05, 0.1) is 0 Å². The van der Waals surface area contributed by atoms with Crippen LogP contribution < -0.4 is 10.2 Å². The SMILES string of the molecule is Cc1cc(Br)ccc1N1CCCNC(C)C1. The second-order valence-corrected chi connectivity index (χ2v) is 5.50. The minimum Gasteiger partial charge on any atom is -0.370 e. The number of anilines is 1. The van der Waals surface area contributed by atoms with E-state index in [1.54, 1.807) is 0 Å². The van der Waals surface area contributed by atoms with Crippen molar-refractivity contribution in [2.24, 2.45) is 0 Å². The van der Waals surface area contributed by atoms with Crippen LogP contribution >= 0.6 is 15.9 Å². The molecule has 1 aromatic rings. The molecule has 2 rings (SSSR count).